The molecule has 0 bridgehead atoms. The number of aromatic carboxylic acids is 1. The van der Waals surface area contributed by atoms with Gasteiger partial charge in [0.1, 0.15) is 5.54 Å². The van der Waals surface area contributed by atoms with Gasteiger partial charge < -0.3 is 15.7 Å². The highest BCUT2D eigenvalue weighted by atomic mass is 16.4. The van der Waals surface area contributed by atoms with E-state index >= 15 is 0 Å². The lowest BCUT2D eigenvalue weighted by atomic mass is 9.86. The van der Waals surface area contributed by atoms with Gasteiger partial charge in [-0.05, 0) is 31.0 Å². The van der Waals surface area contributed by atoms with Gasteiger partial charge in [-0.15, -0.1) is 0 Å². The van der Waals surface area contributed by atoms with E-state index in [1.54, 1.807) is 12.1 Å². The van der Waals surface area contributed by atoms with Crippen LogP contribution in [0.15, 0.2) is 18.2 Å². The monoisotopic (exact) mass is 274 g/mol. The molecule has 1 aromatic rings. The fraction of sp³-hybridized carbons (Fsp3) is 0.467. The van der Waals surface area contributed by atoms with E-state index in [1.807, 2.05) is 0 Å². The molecule has 1 aliphatic heterocycles. The molecule has 2 aliphatic rings. The molecule has 3 rings (SSSR count). The number of hydrogen-bond donors (Lipinski definition) is 3. The van der Waals surface area contributed by atoms with Gasteiger partial charge in [-0.25, -0.2) is 4.79 Å². The highest BCUT2D eigenvalue weighted by Crippen LogP contribution is 2.38. The minimum absolute atomic E-state index is 0.00924. The van der Waals surface area contributed by atoms with Crippen LogP contribution in [-0.4, -0.2) is 22.5 Å². The van der Waals surface area contributed by atoms with Crippen LogP contribution in [0.1, 0.15) is 48.9 Å². The zero-order chi connectivity index (χ0) is 14.2. The second kappa shape index (κ2) is 4.81. The van der Waals surface area contributed by atoms with E-state index in [4.69, 9.17) is 5.11 Å². The van der Waals surface area contributed by atoms with Crippen molar-refractivity contribution in [3.63, 3.8) is 0 Å². The third kappa shape index (κ3) is 2.13. The minimum Gasteiger partial charge on any atom is -0.478 e. The van der Waals surface area contributed by atoms with E-state index in [-0.39, 0.29) is 11.5 Å². The summed E-state index contributed by atoms with van der Waals surface area (Å²) in [4.78, 5) is 23.5. The number of carboxylic acids is 1. The van der Waals surface area contributed by atoms with Gasteiger partial charge in [0.15, 0.2) is 0 Å². The van der Waals surface area contributed by atoms with Crippen LogP contribution in [0.3, 0.4) is 0 Å². The highest BCUT2D eigenvalue weighted by molar-refractivity contribution is 6.07. The van der Waals surface area contributed by atoms with E-state index in [9.17, 15) is 9.59 Å². The van der Waals surface area contributed by atoms with E-state index in [1.165, 1.54) is 6.07 Å². The number of carbonyl (C=O) groups excluding carboxylic acids is 1. The topological polar surface area (TPSA) is 78.4 Å². The summed E-state index contributed by atoms with van der Waals surface area (Å²) < 4.78 is 0. The van der Waals surface area contributed by atoms with Crippen molar-refractivity contribution in [3.05, 3.63) is 23.8 Å². The van der Waals surface area contributed by atoms with Gasteiger partial charge in [0.05, 0.1) is 16.9 Å². The molecule has 0 aromatic heterocycles. The first kappa shape index (κ1) is 13.0. The Labute approximate surface area is 117 Å². The molecule has 0 unspecified atom stereocenters. The zero-order valence-corrected chi connectivity index (χ0v) is 11.2. The fourth-order valence-electron chi connectivity index (χ4n) is 3.13. The van der Waals surface area contributed by atoms with Gasteiger partial charge >= 0.3 is 5.97 Å². The lowest BCUT2D eigenvalue weighted by molar-refractivity contribution is -0.121. The summed E-state index contributed by atoms with van der Waals surface area (Å²) in [6, 6.07) is 4.76. The molecule has 1 amide bonds. The first-order chi connectivity index (χ1) is 9.61. The average molecular weight is 274 g/mol. The minimum atomic E-state index is -0.957. The Morgan fingerprint density at radius 2 is 1.80 bits per heavy atom. The molecule has 3 N–H and O–H groups in total. The van der Waals surface area contributed by atoms with E-state index in [2.05, 4.69) is 10.6 Å². The number of nitrogens with one attached hydrogen (secondary N) is 2. The van der Waals surface area contributed by atoms with Gasteiger partial charge in [0.25, 0.3) is 0 Å². The quantitative estimate of drug-likeness (QED) is 0.735. The van der Waals surface area contributed by atoms with Crippen LogP contribution in [0.2, 0.25) is 0 Å². The number of rotatable bonds is 1. The second-order valence-corrected chi connectivity index (χ2v) is 5.64. The number of anilines is 2. The van der Waals surface area contributed by atoms with Crippen LogP contribution < -0.4 is 10.6 Å². The Morgan fingerprint density at radius 1 is 1.10 bits per heavy atom. The van der Waals surface area contributed by atoms with Crippen LogP contribution in [-0.2, 0) is 4.79 Å². The molecule has 0 radical (unpaired) electrons. The first-order valence-electron chi connectivity index (χ1n) is 7.08. The van der Waals surface area contributed by atoms with Gasteiger partial charge in [-0.3, -0.25) is 4.79 Å². The summed E-state index contributed by atoms with van der Waals surface area (Å²) in [5.41, 5.74) is 1.04. The summed E-state index contributed by atoms with van der Waals surface area (Å²) >= 11 is 0. The lowest BCUT2D eigenvalue weighted by Gasteiger charge is -2.38. The van der Waals surface area contributed by atoms with Crippen LogP contribution in [0.4, 0.5) is 11.4 Å². The molecule has 1 aromatic carbocycles. The van der Waals surface area contributed by atoms with Crippen LogP contribution in [0.5, 0.6) is 0 Å². The Hall–Kier alpha value is -2.04. The molecular formula is C15H18N2O3. The highest BCUT2D eigenvalue weighted by Gasteiger charge is 2.41. The summed E-state index contributed by atoms with van der Waals surface area (Å²) in [6.07, 6.45) is 5.95. The number of hydrogen-bond acceptors (Lipinski definition) is 3. The number of benzene rings is 1. The summed E-state index contributed by atoms with van der Waals surface area (Å²) in [6.45, 7) is 0. The Kier molecular flexibility index (Phi) is 3.12. The van der Waals surface area contributed by atoms with Crippen molar-refractivity contribution in [1.82, 2.24) is 0 Å². The third-order valence-corrected chi connectivity index (χ3v) is 4.28. The number of carboxylic acid groups (broad SMARTS) is 1. The normalized spacial score (nSPS) is 20.5. The molecule has 20 heavy (non-hydrogen) atoms. The number of carbonyl (C=O) groups is 2. The molecule has 0 atom stereocenters. The SMILES string of the molecule is O=C(O)c1ccc2c(c1)NC1(CCCCCC1)C(=O)N2. The summed E-state index contributed by atoms with van der Waals surface area (Å²) in [7, 11) is 0. The van der Waals surface area contributed by atoms with E-state index in [0.29, 0.717) is 11.4 Å². The summed E-state index contributed by atoms with van der Waals surface area (Å²) in [5.74, 6) is -0.948. The van der Waals surface area contributed by atoms with E-state index in [0.717, 1.165) is 38.5 Å². The zero-order valence-electron chi connectivity index (χ0n) is 11.2. The second-order valence-electron chi connectivity index (χ2n) is 5.64. The van der Waals surface area contributed by atoms with Crippen molar-refractivity contribution in [2.45, 2.75) is 44.1 Å². The summed E-state index contributed by atoms with van der Waals surface area (Å²) in [5, 5.41) is 15.3. The third-order valence-electron chi connectivity index (χ3n) is 4.28. The largest absolute Gasteiger partial charge is 0.478 e. The Bertz CT molecular complexity index is 560. The molecule has 5 heteroatoms. The van der Waals surface area contributed by atoms with Crippen molar-refractivity contribution in [2.75, 3.05) is 10.6 Å². The average Bonchev–Trinajstić information content (AvgIpc) is 2.66. The lowest BCUT2D eigenvalue weighted by Crippen LogP contribution is -2.52. The van der Waals surface area contributed by atoms with Crippen molar-refractivity contribution in [1.29, 1.82) is 0 Å². The van der Waals surface area contributed by atoms with Crippen LogP contribution in [0.25, 0.3) is 0 Å². The molecule has 106 valence electrons. The number of fused-ring (bicyclic) bond motifs is 1. The molecule has 5 nitrogen and oxygen atoms in total. The van der Waals surface area contributed by atoms with Crippen molar-refractivity contribution >= 4 is 23.3 Å². The maximum Gasteiger partial charge on any atom is 0.335 e. The maximum atomic E-state index is 12.4. The predicted molar refractivity (Wildman–Crippen MR) is 76.1 cm³/mol. The van der Waals surface area contributed by atoms with E-state index < -0.39 is 11.5 Å². The van der Waals surface area contributed by atoms with Gasteiger partial charge in [-0.1, -0.05) is 25.7 Å². The van der Waals surface area contributed by atoms with Crippen molar-refractivity contribution in [3.8, 4) is 0 Å². The molecule has 1 aliphatic carbocycles. The predicted octanol–water partition coefficient (Wildman–Crippen LogP) is 2.84. The van der Waals surface area contributed by atoms with Gasteiger partial charge in [0.2, 0.25) is 5.91 Å². The maximum absolute atomic E-state index is 12.4. The molecule has 0 saturated heterocycles. The van der Waals surface area contributed by atoms with Crippen molar-refractivity contribution in [2.24, 2.45) is 0 Å². The first-order valence-corrected chi connectivity index (χ1v) is 7.08. The fourth-order valence-corrected chi connectivity index (χ4v) is 3.13. The smallest absolute Gasteiger partial charge is 0.335 e. The number of amides is 1. The molecule has 1 fully saturated rings. The van der Waals surface area contributed by atoms with Crippen LogP contribution in [0, 0.1) is 0 Å². The van der Waals surface area contributed by atoms with Gasteiger partial charge in [-0.2, -0.15) is 0 Å². The van der Waals surface area contributed by atoms with Gasteiger partial charge in [0, 0.05) is 0 Å². The van der Waals surface area contributed by atoms with Crippen molar-refractivity contribution < 1.29 is 14.7 Å². The Balaban J connectivity index is 1.96. The molecule has 1 heterocycles. The molecule has 1 spiro atoms. The Morgan fingerprint density at radius 3 is 2.45 bits per heavy atom. The molecular weight excluding hydrogens is 256 g/mol. The standard InChI is InChI=1S/C15H18N2O3/c18-13(19)10-5-6-11-12(9-10)17-15(14(20)16-11)7-3-1-2-4-8-15/h5-6,9,17H,1-4,7-8H2,(H,16,20)(H,18,19). The van der Waals surface area contributed by atoms with Crippen LogP contribution >= 0.6 is 0 Å². The molecule has 1 saturated carbocycles.